The van der Waals surface area contributed by atoms with Gasteiger partial charge in [0.15, 0.2) is 0 Å². The second kappa shape index (κ2) is 6.54. The minimum atomic E-state index is 0.569. The third-order valence-electron chi connectivity index (χ3n) is 2.26. The van der Waals surface area contributed by atoms with Crippen molar-refractivity contribution in [2.75, 3.05) is 17.2 Å². The molecule has 1 aromatic carbocycles. The maximum Gasteiger partial charge on any atom is 0.224 e. The lowest BCUT2D eigenvalue weighted by atomic mass is 10.3. The fourth-order valence-corrected chi connectivity index (χ4v) is 2.23. The molecule has 0 amide bonds. The Morgan fingerprint density at radius 1 is 1.32 bits per heavy atom. The van der Waals surface area contributed by atoms with Crippen molar-refractivity contribution in [2.24, 2.45) is 0 Å². The molecule has 1 heterocycles. The first-order valence-electron chi connectivity index (χ1n) is 5.58. The Morgan fingerprint density at radius 2 is 2.11 bits per heavy atom. The van der Waals surface area contributed by atoms with Crippen LogP contribution in [0.3, 0.4) is 0 Å². The molecule has 7 heteroatoms. The Labute approximate surface area is 133 Å². The first-order valence-corrected chi connectivity index (χ1v) is 7.55. The van der Waals surface area contributed by atoms with E-state index in [-0.39, 0.29) is 0 Å². The molecule has 0 unspecified atom stereocenters. The fraction of sp³-hybridized carbons (Fsp3) is 0.167. The van der Waals surface area contributed by atoms with E-state index >= 15 is 0 Å². The van der Waals surface area contributed by atoms with E-state index in [0.717, 1.165) is 21.2 Å². The van der Waals surface area contributed by atoms with Crippen LogP contribution in [-0.2, 0) is 0 Å². The lowest BCUT2D eigenvalue weighted by Gasteiger charge is -2.11. The van der Waals surface area contributed by atoms with Gasteiger partial charge in [-0.3, -0.25) is 0 Å². The zero-order valence-corrected chi connectivity index (χ0v) is 14.0. The summed E-state index contributed by atoms with van der Waals surface area (Å²) in [7, 11) is 0. The van der Waals surface area contributed by atoms with Crippen LogP contribution in [0, 0.1) is 0 Å². The van der Waals surface area contributed by atoms with Crippen LogP contribution < -0.4 is 10.6 Å². The van der Waals surface area contributed by atoms with Gasteiger partial charge >= 0.3 is 0 Å². The first-order chi connectivity index (χ1) is 9.10. The number of aromatic nitrogens is 2. The predicted molar refractivity (Wildman–Crippen MR) is 86.3 cm³/mol. The summed E-state index contributed by atoms with van der Waals surface area (Å²) in [6.45, 7) is 2.75. The van der Waals surface area contributed by atoms with Crippen molar-refractivity contribution in [3.63, 3.8) is 0 Å². The Bertz CT molecular complexity index is 592. The summed E-state index contributed by atoms with van der Waals surface area (Å²) < 4.78 is 1.71. The van der Waals surface area contributed by atoms with Gasteiger partial charge in [0.05, 0.1) is 15.2 Å². The van der Waals surface area contributed by atoms with Gasteiger partial charge in [-0.1, -0.05) is 27.5 Å². The predicted octanol–water partition coefficient (Wildman–Crippen LogP) is 4.83. The van der Waals surface area contributed by atoms with E-state index in [0.29, 0.717) is 16.8 Å². The molecule has 2 N–H and O–H groups in total. The van der Waals surface area contributed by atoms with Crippen LogP contribution in [0.25, 0.3) is 0 Å². The first kappa shape index (κ1) is 14.6. The fourth-order valence-electron chi connectivity index (χ4n) is 1.42. The highest BCUT2D eigenvalue weighted by atomic mass is 79.9. The SMILES string of the molecule is CCNc1ncc(Br)c(Nc2cc(Br)ccc2Cl)n1. The number of nitrogens with zero attached hydrogens (tertiary/aromatic N) is 2. The number of nitrogens with one attached hydrogen (secondary N) is 2. The summed E-state index contributed by atoms with van der Waals surface area (Å²) in [4.78, 5) is 8.53. The molecule has 4 nitrogen and oxygen atoms in total. The average Bonchev–Trinajstić information content (AvgIpc) is 2.38. The topological polar surface area (TPSA) is 49.8 Å². The van der Waals surface area contributed by atoms with Crippen molar-refractivity contribution >= 4 is 60.9 Å². The highest BCUT2D eigenvalue weighted by Crippen LogP contribution is 2.30. The molecule has 0 fully saturated rings. The molecule has 1 aromatic heterocycles. The molecule has 0 saturated heterocycles. The van der Waals surface area contributed by atoms with Gasteiger partial charge in [-0.2, -0.15) is 4.98 Å². The minimum absolute atomic E-state index is 0.569. The lowest BCUT2D eigenvalue weighted by Crippen LogP contribution is -2.04. The number of rotatable bonds is 4. The molecule has 19 heavy (non-hydrogen) atoms. The number of anilines is 3. The van der Waals surface area contributed by atoms with Gasteiger partial charge in [-0.15, -0.1) is 0 Å². The highest BCUT2D eigenvalue weighted by molar-refractivity contribution is 9.10. The molecule has 2 aromatic rings. The van der Waals surface area contributed by atoms with Crippen LogP contribution in [0.4, 0.5) is 17.5 Å². The summed E-state index contributed by atoms with van der Waals surface area (Å²) >= 11 is 13.0. The molecule has 0 aliphatic rings. The van der Waals surface area contributed by atoms with Gasteiger partial charge in [0, 0.05) is 17.2 Å². The number of hydrogen-bond donors (Lipinski definition) is 2. The Hall–Kier alpha value is -0.850. The summed E-state index contributed by atoms with van der Waals surface area (Å²) in [6, 6.07) is 5.59. The largest absolute Gasteiger partial charge is 0.354 e. The Kier molecular flexibility index (Phi) is 5.01. The van der Waals surface area contributed by atoms with Crippen molar-refractivity contribution in [1.82, 2.24) is 9.97 Å². The van der Waals surface area contributed by atoms with Gasteiger partial charge in [-0.05, 0) is 41.1 Å². The molecular weight excluding hydrogens is 395 g/mol. The monoisotopic (exact) mass is 404 g/mol. The van der Waals surface area contributed by atoms with E-state index in [2.05, 4.69) is 52.5 Å². The number of hydrogen-bond acceptors (Lipinski definition) is 4. The normalized spacial score (nSPS) is 10.3. The van der Waals surface area contributed by atoms with Crippen LogP contribution in [0.5, 0.6) is 0 Å². The van der Waals surface area contributed by atoms with Crippen molar-refractivity contribution in [2.45, 2.75) is 6.92 Å². The van der Waals surface area contributed by atoms with Gasteiger partial charge in [0.1, 0.15) is 5.82 Å². The second-order valence-corrected chi connectivity index (χ2v) is 5.85. The Morgan fingerprint density at radius 3 is 2.84 bits per heavy atom. The average molecular weight is 407 g/mol. The zero-order chi connectivity index (χ0) is 13.8. The van der Waals surface area contributed by atoms with E-state index in [1.54, 1.807) is 6.20 Å². The van der Waals surface area contributed by atoms with Gasteiger partial charge < -0.3 is 10.6 Å². The number of benzene rings is 1. The van der Waals surface area contributed by atoms with Crippen LogP contribution in [-0.4, -0.2) is 16.5 Å². The third kappa shape index (κ3) is 3.81. The van der Waals surface area contributed by atoms with Gasteiger partial charge in [0.2, 0.25) is 5.95 Å². The van der Waals surface area contributed by atoms with E-state index in [1.165, 1.54) is 0 Å². The molecular formula is C12H11Br2ClN4. The Balaban J connectivity index is 2.31. The minimum Gasteiger partial charge on any atom is -0.354 e. The summed E-state index contributed by atoms with van der Waals surface area (Å²) in [5.74, 6) is 1.23. The lowest BCUT2D eigenvalue weighted by molar-refractivity contribution is 1.08. The molecule has 0 radical (unpaired) electrons. The molecule has 0 bridgehead atoms. The summed E-state index contributed by atoms with van der Waals surface area (Å²) in [5.41, 5.74) is 0.776. The van der Waals surface area contributed by atoms with Crippen LogP contribution in [0.1, 0.15) is 6.92 Å². The van der Waals surface area contributed by atoms with Crippen molar-refractivity contribution in [1.29, 1.82) is 0 Å². The molecule has 0 aliphatic heterocycles. The second-order valence-electron chi connectivity index (χ2n) is 3.67. The molecule has 2 rings (SSSR count). The molecule has 100 valence electrons. The molecule has 0 spiro atoms. The van der Waals surface area contributed by atoms with E-state index in [1.807, 2.05) is 25.1 Å². The van der Waals surface area contributed by atoms with Crippen LogP contribution >= 0.6 is 43.5 Å². The van der Waals surface area contributed by atoms with Crippen molar-refractivity contribution in [3.8, 4) is 0 Å². The van der Waals surface area contributed by atoms with E-state index < -0.39 is 0 Å². The maximum absolute atomic E-state index is 6.14. The van der Waals surface area contributed by atoms with Crippen molar-refractivity contribution in [3.05, 3.63) is 38.4 Å². The van der Waals surface area contributed by atoms with Crippen LogP contribution in [0.2, 0.25) is 5.02 Å². The summed E-state index contributed by atoms with van der Waals surface area (Å²) in [6.07, 6.45) is 1.69. The van der Waals surface area contributed by atoms with Crippen molar-refractivity contribution < 1.29 is 0 Å². The zero-order valence-electron chi connectivity index (χ0n) is 10.0. The summed E-state index contributed by atoms with van der Waals surface area (Å²) in [5, 5.41) is 6.87. The highest BCUT2D eigenvalue weighted by Gasteiger charge is 2.08. The molecule has 0 atom stereocenters. The van der Waals surface area contributed by atoms with E-state index in [4.69, 9.17) is 11.6 Å². The molecule has 0 aliphatic carbocycles. The van der Waals surface area contributed by atoms with Gasteiger partial charge in [0.25, 0.3) is 0 Å². The van der Waals surface area contributed by atoms with E-state index in [9.17, 15) is 0 Å². The maximum atomic E-state index is 6.14. The van der Waals surface area contributed by atoms with Crippen LogP contribution in [0.15, 0.2) is 33.3 Å². The van der Waals surface area contributed by atoms with Gasteiger partial charge in [-0.25, -0.2) is 4.98 Å². The third-order valence-corrected chi connectivity index (χ3v) is 3.66. The smallest absolute Gasteiger partial charge is 0.224 e. The standard InChI is InChI=1S/C12H11Br2ClN4/c1-2-16-12-17-6-8(14)11(19-12)18-10-5-7(13)3-4-9(10)15/h3-6H,2H2,1H3,(H2,16,17,18,19). The molecule has 0 saturated carbocycles. The number of halogens is 3. The quantitative estimate of drug-likeness (QED) is 0.764.